The van der Waals surface area contributed by atoms with Crippen LogP contribution in [0.1, 0.15) is 11.3 Å². The molecule has 0 aliphatic carbocycles. The van der Waals surface area contributed by atoms with Crippen LogP contribution in [0, 0.1) is 6.92 Å². The van der Waals surface area contributed by atoms with Gasteiger partial charge in [0.1, 0.15) is 18.0 Å². The predicted octanol–water partition coefficient (Wildman–Crippen LogP) is 2.20. The van der Waals surface area contributed by atoms with Crippen LogP contribution in [0.25, 0.3) is 5.65 Å². The normalized spacial score (nSPS) is 15.8. The number of benzene rings is 1. The average Bonchev–Trinajstić information content (AvgIpc) is 2.71. The number of hydrogen-bond donors (Lipinski definition) is 0. The van der Waals surface area contributed by atoms with Gasteiger partial charge in [0.15, 0.2) is 0 Å². The molecule has 1 fully saturated rings. The van der Waals surface area contributed by atoms with Crippen LogP contribution in [0.5, 0.6) is 5.75 Å². The molecule has 4 rings (SSSR count). The fraction of sp³-hybridized carbons (Fsp3) is 0.364. The molecule has 1 saturated heterocycles. The highest BCUT2D eigenvalue weighted by molar-refractivity contribution is 5.39. The Bertz CT molecular complexity index is 979. The summed E-state index contributed by atoms with van der Waals surface area (Å²) in [6.07, 6.45) is 1.84. The molecular weight excluding hydrogens is 352 g/mol. The first-order valence-corrected chi connectivity index (χ1v) is 9.79. The van der Waals surface area contributed by atoms with E-state index in [9.17, 15) is 4.79 Å². The van der Waals surface area contributed by atoms with Gasteiger partial charge in [0.2, 0.25) is 0 Å². The molecule has 1 aliphatic rings. The fourth-order valence-electron chi connectivity index (χ4n) is 3.55. The summed E-state index contributed by atoms with van der Waals surface area (Å²) in [5.74, 6) is 0.921. The van der Waals surface area contributed by atoms with Gasteiger partial charge in [-0.25, -0.2) is 4.98 Å². The van der Waals surface area contributed by atoms with Gasteiger partial charge in [-0.15, -0.1) is 0 Å². The van der Waals surface area contributed by atoms with Crippen LogP contribution in [0.4, 0.5) is 0 Å². The smallest absolute Gasteiger partial charge is 0.258 e. The first kappa shape index (κ1) is 18.7. The van der Waals surface area contributed by atoms with Crippen molar-refractivity contribution in [3.63, 3.8) is 0 Å². The van der Waals surface area contributed by atoms with Crippen LogP contribution in [0.3, 0.4) is 0 Å². The Labute approximate surface area is 165 Å². The second kappa shape index (κ2) is 8.54. The van der Waals surface area contributed by atoms with Gasteiger partial charge in [0, 0.05) is 51.5 Å². The molecule has 1 aliphatic heterocycles. The van der Waals surface area contributed by atoms with Crippen LogP contribution in [0.2, 0.25) is 0 Å². The fourth-order valence-corrected chi connectivity index (χ4v) is 3.55. The van der Waals surface area contributed by atoms with E-state index in [1.165, 1.54) is 0 Å². The minimum atomic E-state index is -0.0135. The maximum atomic E-state index is 12.4. The maximum Gasteiger partial charge on any atom is 0.258 e. The third kappa shape index (κ3) is 4.58. The van der Waals surface area contributed by atoms with E-state index >= 15 is 0 Å². The molecular formula is C22H26N4O2. The van der Waals surface area contributed by atoms with Crippen molar-refractivity contribution in [2.45, 2.75) is 13.5 Å². The third-order valence-electron chi connectivity index (χ3n) is 5.13. The van der Waals surface area contributed by atoms with Gasteiger partial charge < -0.3 is 4.74 Å². The van der Waals surface area contributed by atoms with Crippen molar-refractivity contribution < 1.29 is 4.74 Å². The minimum Gasteiger partial charge on any atom is -0.492 e. The number of para-hydroxylation sites is 1. The molecule has 2 aromatic heterocycles. The average molecular weight is 378 g/mol. The molecule has 0 spiro atoms. The molecule has 0 saturated carbocycles. The monoisotopic (exact) mass is 378 g/mol. The van der Waals surface area contributed by atoms with Gasteiger partial charge in [-0.1, -0.05) is 24.3 Å². The van der Waals surface area contributed by atoms with E-state index in [0.29, 0.717) is 18.8 Å². The van der Waals surface area contributed by atoms with E-state index in [1.54, 1.807) is 10.5 Å². The van der Waals surface area contributed by atoms with E-state index in [1.807, 2.05) is 55.6 Å². The Morgan fingerprint density at radius 3 is 2.54 bits per heavy atom. The summed E-state index contributed by atoms with van der Waals surface area (Å²) in [7, 11) is 0. The zero-order chi connectivity index (χ0) is 19.3. The molecule has 0 amide bonds. The summed E-state index contributed by atoms with van der Waals surface area (Å²) in [6.45, 7) is 8.27. The Morgan fingerprint density at radius 2 is 1.75 bits per heavy atom. The Hall–Kier alpha value is -2.70. The van der Waals surface area contributed by atoms with Crippen LogP contribution >= 0.6 is 0 Å². The van der Waals surface area contributed by atoms with Crippen LogP contribution in [-0.2, 0) is 6.54 Å². The molecule has 3 aromatic rings. The lowest BCUT2D eigenvalue weighted by Crippen LogP contribution is -2.47. The van der Waals surface area contributed by atoms with E-state index in [4.69, 9.17) is 4.74 Å². The largest absolute Gasteiger partial charge is 0.492 e. The van der Waals surface area contributed by atoms with Crippen molar-refractivity contribution in [1.29, 1.82) is 0 Å². The van der Waals surface area contributed by atoms with Crippen LogP contribution < -0.4 is 10.3 Å². The number of ether oxygens (including phenoxy) is 1. The van der Waals surface area contributed by atoms with Crippen molar-refractivity contribution >= 4 is 5.65 Å². The van der Waals surface area contributed by atoms with Crippen LogP contribution in [-0.4, -0.2) is 58.5 Å². The summed E-state index contributed by atoms with van der Waals surface area (Å²) in [5.41, 5.74) is 2.59. The number of aromatic nitrogens is 2. The predicted molar refractivity (Wildman–Crippen MR) is 110 cm³/mol. The van der Waals surface area contributed by atoms with Crippen molar-refractivity contribution in [1.82, 2.24) is 19.2 Å². The van der Waals surface area contributed by atoms with Gasteiger partial charge in [-0.05, 0) is 30.7 Å². The molecule has 6 nitrogen and oxygen atoms in total. The molecule has 28 heavy (non-hydrogen) atoms. The molecule has 6 heteroatoms. The van der Waals surface area contributed by atoms with Gasteiger partial charge in [0.25, 0.3) is 5.56 Å². The number of aryl methyl sites for hydroxylation is 1. The maximum absolute atomic E-state index is 12.4. The summed E-state index contributed by atoms with van der Waals surface area (Å²) < 4.78 is 7.41. The van der Waals surface area contributed by atoms with Gasteiger partial charge in [-0.3, -0.25) is 19.0 Å². The number of piperazine rings is 1. The lowest BCUT2D eigenvalue weighted by Gasteiger charge is -2.34. The van der Waals surface area contributed by atoms with E-state index in [0.717, 1.165) is 49.7 Å². The third-order valence-corrected chi connectivity index (χ3v) is 5.13. The number of nitrogens with zero attached hydrogens (tertiary/aromatic N) is 4. The first-order chi connectivity index (χ1) is 13.7. The molecule has 0 unspecified atom stereocenters. The van der Waals surface area contributed by atoms with E-state index in [2.05, 4.69) is 14.8 Å². The highest BCUT2D eigenvalue weighted by Gasteiger charge is 2.17. The highest BCUT2D eigenvalue weighted by Crippen LogP contribution is 2.10. The SMILES string of the molecule is Cc1ccc2nc(CN3CCN(CCOc4ccccc4)CC3)cc(=O)n2c1. The number of rotatable bonds is 6. The van der Waals surface area contributed by atoms with Crippen molar-refractivity contribution in [3.05, 3.63) is 76.3 Å². The standard InChI is InChI=1S/C22H26N4O2/c1-18-7-8-21-23-19(15-22(27)26(21)16-18)17-25-11-9-24(10-12-25)13-14-28-20-5-3-2-4-6-20/h2-8,15-16H,9-14,17H2,1H3. The Kier molecular flexibility index (Phi) is 5.69. The second-order valence-corrected chi connectivity index (χ2v) is 7.30. The lowest BCUT2D eigenvalue weighted by molar-refractivity contribution is 0.111. The Morgan fingerprint density at radius 1 is 1.00 bits per heavy atom. The number of pyridine rings is 1. The van der Waals surface area contributed by atoms with Crippen LogP contribution in [0.15, 0.2) is 59.5 Å². The molecule has 3 heterocycles. The Balaban J connectivity index is 1.28. The van der Waals surface area contributed by atoms with E-state index < -0.39 is 0 Å². The van der Waals surface area contributed by atoms with Crippen molar-refractivity contribution in [2.75, 3.05) is 39.3 Å². The van der Waals surface area contributed by atoms with E-state index in [-0.39, 0.29) is 5.56 Å². The molecule has 0 radical (unpaired) electrons. The van der Waals surface area contributed by atoms with Gasteiger partial charge in [-0.2, -0.15) is 0 Å². The molecule has 0 atom stereocenters. The summed E-state index contributed by atoms with van der Waals surface area (Å²) in [5, 5.41) is 0. The zero-order valence-electron chi connectivity index (χ0n) is 16.3. The first-order valence-electron chi connectivity index (χ1n) is 9.79. The molecule has 1 aromatic carbocycles. The quantitative estimate of drug-likeness (QED) is 0.658. The zero-order valence-corrected chi connectivity index (χ0v) is 16.3. The van der Waals surface area contributed by atoms with Crippen molar-refractivity contribution in [2.24, 2.45) is 0 Å². The summed E-state index contributed by atoms with van der Waals surface area (Å²) in [4.78, 5) is 21.8. The van der Waals surface area contributed by atoms with Gasteiger partial charge >= 0.3 is 0 Å². The van der Waals surface area contributed by atoms with Crippen molar-refractivity contribution in [3.8, 4) is 5.75 Å². The molecule has 146 valence electrons. The summed E-state index contributed by atoms with van der Waals surface area (Å²) >= 11 is 0. The summed E-state index contributed by atoms with van der Waals surface area (Å²) in [6, 6.07) is 15.5. The highest BCUT2D eigenvalue weighted by atomic mass is 16.5. The molecule has 0 bridgehead atoms. The minimum absolute atomic E-state index is 0.0135. The van der Waals surface area contributed by atoms with Gasteiger partial charge in [0.05, 0.1) is 5.69 Å². The number of hydrogen-bond acceptors (Lipinski definition) is 5. The lowest BCUT2D eigenvalue weighted by atomic mass is 10.2. The topological polar surface area (TPSA) is 50.1 Å². The molecule has 0 N–H and O–H groups in total. The number of fused-ring (bicyclic) bond motifs is 1. The second-order valence-electron chi connectivity index (χ2n) is 7.30.